The molecule has 1 aliphatic heterocycles. The van der Waals surface area contributed by atoms with E-state index < -0.39 is 12.1 Å². The fourth-order valence-electron chi connectivity index (χ4n) is 2.22. The SMILES string of the molecule is CO[C@@H](C)C(=O)N1CCCC[C@H]1CCC(=O)O. The van der Waals surface area contributed by atoms with Crippen molar-refractivity contribution in [3.8, 4) is 0 Å². The van der Waals surface area contributed by atoms with Gasteiger partial charge in [-0.2, -0.15) is 0 Å². The average Bonchev–Trinajstić information content (AvgIpc) is 2.34. The minimum absolute atomic E-state index is 0.0254. The fraction of sp³-hybridized carbons (Fsp3) is 0.833. The maximum Gasteiger partial charge on any atom is 0.303 e. The number of aliphatic carboxylic acids is 1. The van der Waals surface area contributed by atoms with Crippen LogP contribution in [0, 0.1) is 0 Å². The van der Waals surface area contributed by atoms with Crippen molar-refractivity contribution in [2.24, 2.45) is 0 Å². The monoisotopic (exact) mass is 243 g/mol. The van der Waals surface area contributed by atoms with Crippen molar-refractivity contribution in [1.29, 1.82) is 0 Å². The molecule has 17 heavy (non-hydrogen) atoms. The van der Waals surface area contributed by atoms with Gasteiger partial charge in [0.25, 0.3) is 5.91 Å². The fourth-order valence-corrected chi connectivity index (χ4v) is 2.22. The van der Waals surface area contributed by atoms with Crippen LogP contribution >= 0.6 is 0 Å². The highest BCUT2D eigenvalue weighted by atomic mass is 16.5. The summed E-state index contributed by atoms with van der Waals surface area (Å²) < 4.78 is 5.03. The number of amides is 1. The Balaban J connectivity index is 2.58. The van der Waals surface area contributed by atoms with Crippen molar-refractivity contribution in [2.45, 2.75) is 51.2 Å². The third kappa shape index (κ3) is 4.00. The van der Waals surface area contributed by atoms with Crippen LogP contribution in [0.3, 0.4) is 0 Å². The van der Waals surface area contributed by atoms with Crippen molar-refractivity contribution >= 4 is 11.9 Å². The summed E-state index contributed by atoms with van der Waals surface area (Å²) in [6, 6.07) is 0.0601. The predicted molar refractivity (Wildman–Crippen MR) is 62.7 cm³/mol. The van der Waals surface area contributed by atoms with Gasteiger partial charge in [-0.25, -0.2) is 0 Å². The van der Waals surface area contributed by atoms with E-state index in [1.54, 1.807) is 11.8 Å². The highest BCUT2D eigenvalue weighted by molar-refractivity contribution is 5.81. The van der Waals surface area contributed by atoms with Crippen molar-refractivity contribution < 1.29 is 19.4 Å². The van der Waals surface area contributed by atoms with Gasteiger partial charge in [-0.15, -0.1) is 0 Å². The number of nitrogens with zero attached hydrogens (tertiary/aromatic N) is 1. The molecule has 0 unspecified atom stereocenters. The van der Waals surface area contributed by atoms with Crippen LogP contribution in [0.5, 0.6) is 0 Å². The Morgan fingerprint density at radius 2 is 2.18 bits per heavy atom. The van der Waals surface area contributed by atoms with E-state index in [2.05, 4.69) is 0 Å². The number of carbonyl (C=O) groups excluding carboxylic acids is 1. The molecule has 0 aliphatic carbocycles. The number of carboxylic acid groups (broad SMARTS) is 1. The molecule has 5 heteroatoms. The van der Waals surface area contributed by atoms with E-state index in [9.17, 15) is 9.59 Å². The summed E-state index contributed by atoms with van der Waals surface area (Å²) in [7, 11) is 1.51. The van der Waals surface area contributed by atoms with Crippen LogP contribution < -0.4 is 0 Å². The largest absolute Gasteiger partial charge is 0.481 e. The number of methoxy groups -OCH3 is 1. The number of rotatable bonds is 5. The van der Waals surface area contributed by atoms with E-state index in [1.165, 1.54) is 7.11 Å². The maximum absolute atomic E-state index is 12.0. The van der Waals surface area contributed by atoms with Gasteiger partial charge >= 0.3 is 5.97 Å². The summed E-state index contributed by atoms with van der Waals surface area (Å²) in [5.41, 5.74) is 0. The van der Waals surface area contributed by atoms with Crippen LogP contribution in [0.15, 0.2) is 0 Å². The van der Waals surface area contributed by atoms with Gasteiger partial charge in [0.2, 0.25) is 0 Å². The van der Waals surface area contributed by atoms with Gasteiger partial charge in [-0.1, -0.05) is 0 Å². The third-order valence-corrected chi connectivity index (χ3v) is 3.30. The standard InChI is InChI=1S/C12H21NO4/c1-9(17-2)12(16)13-8-4-3-5-10(13)6-7-11(14)15/h9-10H,3-8H2,1-2H3,(H,14,15)/t9-,10-/m0/s1. The molecule has 1 amide bonds. The van der Waals surface area contributed by atoms with E-state index in [0.717, 1.165) is 25.8 Å². The van der Waals surface area contributed by atoms with Gasteiger partial charge in [0.1, 0.15) is 6.10 Å². The van der Waals surface area contributed by atoms with Gasteiger partial charge in [-0.3, -0.25) is 9.59 Å². The Morgan fingerprint density at radius 3 is 2.76 bits per heavy atom. The first-order valence-corrected chi connectivity index (χ1v) is 6.11. The molecule has 0 saturated carbocycles. The lowest BCUT2D eigenvalue weighted by atomic mass is 9.97. The molecule has 98 valence electrons. The van der Waals surface area contributed by atoms with E-state index >= 15 is 0 Å². The van der Waals surface area contributed by atoms with E-state index in [4.69, 9.17) is 9.84 Å². The van der Waals surface area contributed by atoms with Crippen LogP contribution in [-0.2, 0) is 14.3 Å². The van der Waals surface area contributed by atoms with Crippen LogP contribution in [-0.4, -0.2) is 47.7 Å². The molecule has 0 bridgehead atoms. The molecule has 0 aromatic rings. The molecule has 0 spiro atoms. The number of piperidine rings is 1. The smallest absolute Gasteiger partial charge is 0.303 e. The van der Waals surface area contributed by atoms with Crippen molar-refractivity contribution in [1.82, 2.24) is 4.90 Å². The van der Waals surface area contributed by atoms with Gasteiger partial charge in [-0.05, 0) is 32.6 Å². The molecular weight excluding hydrogens is 222 g/mol. The Morgan fingerprint density at radius 1 is 1.47 bits per heavy atom. The second kappa shape index (κ2) is 6.59. The Labute approximate surface area is 102 Å². The summed E-state index contributed by atoms with van der Waals surface area (Å²) >= 11 is 0. The first kappa shape index (κ1) is 14.0. The van der Waals surface area contributed by atoms with E-state index in [0.29, 0.717) is 6.42 Å². The lowest BCUT2D eigenvalue weighted by Gasteiger charge is -2.37. The number of likely N-dealkylation sites (tertiary alicyclic amines) is 1. The molecule has 0 radical (unpaired) electrons. The maximum atomic E-state index is 12.0. The van der Waals surface area contributed by atoms with Gasteiger partial charge < -0.3 is 14.7 Å². The minimum Gasteiger partial charge on any atom is -0.481 e. The first-order valence-electron chi connectivity index (χ1n) is 6.11. The predicted octanol–water partition coefficient (Wildman–Crippen LogP) is 1.27. The van der Waals surface area contributed by atoms with Gasteiger partial charge in [0, 0.05) is 26.1 Å². The summed E-state index contributed by atoms with van der Waals surface area (Å²) in [6.45, 7) is 2.45. The first-order chi connectivity index (χ1) is 8.06. The Hall–Kier alpha value is -1.10. The van der Waals surface area contributed by atoms with Crippen LogP contribution in [0.25, 0.3) is 0 Å². The summed E-state index contributed by atoms with van der Waals surface area (Å²) in [6.07, 6.45) is 3.17. The van der Waals surface area contributed by atoms with Crippen molar-refractivity contribution in [2.75, 3.05) is 13.7 Å². The number of carbonyl (C=O) groups is 2. The molecule has 1 N–H and O–H groups in total. The zero-order chi connectivity index (χ0) is 12.8. The van der Waals surface area contributed by atoms with Gasteiger partial charge in [0.05, 0.1) is 0 Å². The molecule has 1 fully saturated rings. The third-order valence-electron chi connectivity index (χ3n) is 3.30. The molecule has 1 heterocycles. The number of hydrogen-bond donors (Lipinski definition) is 1. The van der Waals surface area contributed by atoms with E-state index in [-0.39, 0.29) is 18.4 Å². The summed E-state index contributed by atoms with van der Waals surface area (Å²) in [5.74, 6) is -0.828. The molecule has 1 saturated heterocycles. The molecule has 2 atom stereocenters. The van der Waals surface area contributed by atoms with Crippen LogP contribution in [0.4, 0.5) is 0 Å². The zero-order valence-corrected chi connectivity index (χ0v) is 10.5. The molecule has 0 aromatic heterocycles. The molecule has 5 nitrogen and oxygen atoms in total. The van der Waals surface area contributed by atoms with E-state index in [1.807, 2.05) is 0 Å². The quantitative estimate of drug-likeness (QED) is 0.789. The minimum atomic E-state index is -0.803. The normalized spacial score (nSPS) is 22.2. The second-order valence-corrected chi connectivity index (χ2v) is 4.49. The second-order valence-electron chi connectivity index (χ2n) is 4.49. The van der Waals surface area contributed by atoms with Crippen LogP contribution in [0.2, 0.25) is 0 Å². The number of hydrogen-bond acceptors (Lipinski definition) is 3. The average molecular weight is 243 g/mol. The number of ether oxygens (including phenoxy) is 1. The lowest BCUT2D eigenvalue weighted by Crippen LogP contribution is -2.48. The highest BCUT2D eigenvalue weighted by Gasteiger charge is 2.29. The summed E-state index contributed by atoms with van der Waals surface area (Å²) in [5, 5.41) is 8.70. The van der Waals surface area contributed by atoms with Gasteiger partial charge in [0.15, 0.2) is 0 Å². The molecule has 1 aliphatic rings. The molecular formula is C12H21NO4. The Kier molecular flexibility index (Phi) is 5.41. The van der Waals surface area contributed by atoms with Crippen LogP contribution in [0.1, 0.15) is 39.0 Å². The van der Waals surface area contributed by atoms with Crippen molar-refractivity contribution in [3.05, 3.63) is 0 Å². The highest BCUT2D eigenvalue weighted by Crippen LogP contribution is 2.22. The number of carboxylic acids is 1. The van der Waals surface area contributed by atoms with Crippen molar-refractivity contribution in [3.63, 3.8) is 0 Å². The molecule has 0 aromatic carbocycles. The summed E-state index contributed by atoms with van der Waals surface area (Å²) in [4.78, 5) is 24.4. The topological polar surface area (TPSA) is 66.8 Å². The molecule has 1 rings (SSSR count). The zero-order valence-electron chi connectivity index (χ0n) is 10.5. The Bertz CT molecular complexity index is 280. The lowest BCUT2D eigenvalue weighted by molar-refractivity contribution is -0.146.